The molecule has 0 saturated carbocycles. The van der Waals surface area contributed by atoms with E-state index in [1.807, 2.05) is 42.5 Å². The van der Waals surface area contributed by atoms with E-state index in [0.29, 0.717) is 5.22 Å². The lowest BCUT2D eigenvalue weighted by molar-refractivity contribution is 0.443. The number of rotatable bonds is 4. The van der Waals surface area contributed by atoms with E-state index in [-0.39, 0.29) is 11.6 Å². The Morgan fingerprint density at radius 3 is 2.08 bits per heavy atom. The average molecular weight is 342 g/mol. The molecule has 0 bridgehead atoms. The second-order valence-corrected chi connectivity index (χ2v) is 6.50. The molecule has 26 heavy (non-hydrogen) atoms. The van der Waals surface area contributed by atoms with Gasteiger partial charge in [0.05, 0.1) is 0 Å². The number of hydrogen-bond donors (Lipinski definition) is 1. The van der Waals surface area contributed by atoms with Crippen molar-refractivity contribution in [1.29, 1.82) is 10.5 Å². The normalized spacial score (nSPS) is 14.2. The summed E-state index contributed by atoms with van der Waals surface area (Å²) in [6.07, 6.45) is 2.40. The van der Waals surface area contributed by atoms with E-state index in [1.54, 1.807) is 0 Å². The van der Waals surface area contributed by atoms with E-state index >= 15 is 0 Å². The molecule has 1 saturated heterocycles. The zero-order chi connectivity index (χ0) is 18.4. The molecule has 0 spiro atoms. The van der Waals surface area contributed by atoms with Crippen molar-refractivity contribution in [3.8, 4) is 12.1 Å². The van der Waals surface area contributed by atoms with Crippen LogP contribution in [0.3, 0.4) is 0 Å². The molecule has 4 nitrogen and oxygen atoms in total. The molecule has 1 N–H and O–H groups in total. The summed E-state index contributed by atoms with van der Waals surface area (Å²) in [6.45, 7) is 4.25. The fraction of sp³-hybridized carbons (Fsp3) is 0.273. The highest BCUT2D eigenvalue weighted by Gasteiger charge is 2.17. The van der Waals surface area contributed by atoms with Gasteiger partial charge in [-0.3, -0.25) is 0 Å². The van der Waals surface area contributed by atoms with Crippen molar-refractivity contribution in [2.75, 3.05) is 13.1 Å². The second-order valence-electron chi connectivity index (χ2n) is 6.50. The molecule has 0 aromatic heterocycles. The first-order chi connectivity index (χ1) is 12.7. The lowest BCUT2D eigenvalue weighted by atomic mass is 10.1. The smallest absolute Gasteiger partial charge is 0.136 e. The minimum absolute atomic E-state index is 0.143. The maximum atomic E-state index is 9.04. The number of benzene rings is 2. The van der Waals surface area contributed by atoms with Crippen molar-refractivity contribution in [1.82, 2.24) is 10.2 Å². The predicted octanol–water partition coefficient (Wildman–Crippen LogP) is 2.40. The Hall–Kier alpha value is -3.24. The maximum absolute atomic E-state index is 9.04. The van der Waals surface area contributed by atoms with E-state index in [4.69, 9.17) is 10.5 Å². The molecule has 3 rings (SSSR count). The number of likely N-dealkylation sites (tertiary alicyclic amines) is 1. The topological polar surface area (TPSA) is 62.9 Å². The molecule has 130 valence electrons. The Labute approximate surface area is 154 Å². The Morgan fingerprint density at radius 1 is 0.923 bits per heavy atom. The minimum Gasteiger partial charge on any atom is -0.365 e. The standard InChI is InChI=1S/C22H22N4/c1-17(18-7-3-2-4-8-18)25-22(26-13-5-6-14-26)20-11-9-19(10-12-20)21(15-23)16-24/h2-4,7-12,17,25H,5-6,13-14H2,1H3/t17-/m1/s1. The van der Waals surface area contributed by atoms with Gasteiger partial charge in [0.25, 0.3) is 0 Å². The van der Waals surface area contributed by atoms with E-state index in [9.17, 15) is 0 Å². The van der Waals surface area contributed by atoms with Crippen molar-refractivity contribution in [2.24, 2.45) is 0 Å². The number of nitriles is 2. The van der Waals surface area contributed by atoms with Gasteiger partial charge >= 0.3 is 0 Å². The van der Waals surface area contributed by atoms with Gasteiger partial charge in [-0.05, 0) is 25.3 Å². The van der Waals surface area contributed by atoms with Gasteiger partial charge < -0.3 is 10.2 Å². The third kappa shape index (κ3) is 3.87. The van der Waals surface area contributed by atoms with Crippen molar-refractivity contribution < 1.29 is 0 Å². The molecular weight excluding hydrogens is 320 g/mol. The number of nitrogens with one attached hydrogen (secondary N) is 1. The van der Waals surface area contributed by atoms with Gasteiger partial charge in [-0.15, -0.1) is 0 Å². The summed E-state index contributed by atoms with van der Waals surface area (Å²) in [5, 5.41) is 23.5. The summed E-state index contributed by atoms with van der Waals surface area (Å²) in [4.78, 5) is 2.38. The highest BCUT2D eigenvalue weighted by atomic mass is 15.3. The SMILES string of the molecule is C[C@@H](NC(=c1ccc(=C(C#N)C#N)cc1)N1CCCC1)c1ccccc1. The van der Waals surface area contributed by atoms with Crippen molar-refractivity contribution in [3.63, 3.8) is 0 Å². The van der Waals surface area contributed by atoms with Crippen molar-refractivity contribution in [3.05, 3.63) is 70.6 Å². The average Bonchev–Trinajstić information content (AvgIpc) is 3.23. The van der Waals surface area contributed by atoms with Crippen LogP contribution in [-0.4, -0.2) is 18.0 Å². The van der Waals surface area contributed by atoms with Crippen LogP contribution in [0.25, 0.3) is 11.4 Å². The maximum Gasteiger partial charge on any atom is 0.136 e. The molecular formula is C22H22N4. The zero-order valence-electron chi connectivity index (χ0n) is 14.9. The molecule has 1 fully saturated rings. The fourth-order valence-electron chi connectivity index (χ4n) is 3.28. The van der Waals surface area contributed by atoms with Gasteiger partial charge in [-0.2, -0.15) is 10.5 Å². The Balaban J connectivity index is 2.01. The van der Waals surface area contributed by atoms with Gasteiger partial charge in [-0.25, -0.2) is 0 Å². The van der Waals surface area contributed by atoms with Gasteiger partial charge in [0.2, 0.25) is 0 Å². The van der Waals surface area contributed by atoms with E-state index in [0.717, 1.165) is 24.1 Å². The largest absolute Gasteiger partial charge is 0.365 e. The molecule has 2 aromatic rings. The van der Waals surface area contributed by atoms with Gasteiger partial charge in [0, 0.05) is 29.6 Å². The molecule has 1 atom stereocenters. The lowest BCUT2D eigenvalue weighted by Gasteiger charge is -2.27. The first-order valence-electron chi connectivity index (χ1n) is 8.94. The monoisotopic (exact) mass is 342 g/mol. The molecule has 4 heteroatoms. The summed E-state index contributed by atoms with van der Waals surface area (Å²) < 4.78 is 0. The molecule has 1 aliphatic heterocycles. The quantitative estimate of drug-likeness (QED) is 0.927. The number of hydrogen-bond acceptors (Lipinski definition) is 4. The van der Waals surface area contributed by atoms with Gasteiger partial charge in [-0.1, -0.05) is 54.6 Å². The first kappa shape index (κ1) is 17.6. The van der Waals surface area contributed by atoms with Crippen molar-refractivity contribution in [2.45, 2.75) is 25.8 Å². The summed E-state index contributed by atoms with van der Waals surface area (Å²) in [7, 11) is 0. The molecule has 1 aliphatic rings. The van der Waals surface area contributed by atoms with Gasteiger partial charge in [0.15, 0.2) is 0 Å². The van der Waals surface area contributed by atoms with Crippen LogP contribution in [0.1, 0.15) is 31.4 Å². The third-order valence-corrected chi connectivity index (χ3v) is 4.75. The van der Waals surface area contributed by atoms with Crippen LogP contribution in [0, 0.1) is 22.7 Å². The van der Waals surface area contributed by atoms with Crippen LogP contribution >= 0.6 is 0 Å². The second kappa shape index (κ2) is 8.23. The Kier molecular flexibility index (Phi) is 5.56. The van der Waals surface area contributed by atoms with Crippen LogP contribution in [-0.2, 0) is 0 Å². The van der Waals surface area contributed by atoms with Crippen LogP contribution in [0.2, 0.25) is 0 Å². The van der Waals surface area contributed by atoms with Crippen LogP contribution < -0.4 is 15.8 Å². The van der Waals surface area contributed by atoms with Crippen LogP contribution in [0.15, 0.2) is 54.6 Å². The van der Waals surface area contributed by atoms with E-state index < -0.39 is 0 Å². The highest BCUT2D eigenvalue weighted by molar-refractivity contribution is 5.72. The summed E-state index contributed by atoms with van der Waals surface area (Å²) in [5.74, 6) is 1.11. The summed E-state index contributed by atoms with van der Waals surface area (Å²) in [6, 6.07) is 22.2. The highest BCUT2D eigenvalue weighted by Crippen LogP contribution is 2.18. The Bertz CT molecular complexity index is 918. The van der Waals surface area contributed by atoms with Crippen LogP contribution in [0.4, 0.5) is 0 Å². The zero-order valence-corrected chi connectivity index (χ0v) is 14.9. The third-order valence-electron chi connectivity index (χ3n) is 4.75. The van der Waals surface area contributed by atoms with E-state index in [1.165, 1.54) is 18.4 Å². The van der Waals surface area contributed by atoms with Gasteiger partial charge in [0.1, 0.15) is 23.5 Å². The summed E-state index contributed by atoms with van der Waals surface area (Å²) >= 11 is 0. The fourth-order valence-corrected chi connectivity index (χ4v) is 3.28. The molecule has 0 amide bonds. The molecule has 1 heterocycles. The minimum atomic E-state index is 0.143. The molecule has 0 aliphatic carbocycles. The number of nitrogens with zero attached hydrogens (tertiary/aromatic N) is 3. The predicted molar refractivity (Wildman–Crippen MR) is 103 cm³/mol. The Morgan fingerprint density at radius 2 is 1.50 bits per heavy atom. The molecule has 0 unspecified atom stereocenters. The molecule has 2 aromatic carbocycles. The van der Waals surface area contributed by atoms with E-state index in [2.05, 4.69) is 41.4 Å². The van der Waals surface area contributed by atoms with Crippen molar-refractivity contribution >= 4 is 11.4 Å². The van der Waals surface area contributed by atoms with Crippen LogP contribution in [0.5, 0.6) is 0 Å². The molecule has 0 radical (unpaired) electrons. The summed E-state index contributed by atoms with van der Waals surface area (Å²) in [5.41, 5.74) is 1.38. The first-order valence-corrected chi connectivity index (χ1v) is 8.94. The lowest BCUT2D eigenvalue weighted by Crippen LogP contribution is -2.35.